The maximum atomic E-state index is 11.5. The average Bonchev–Trinajstić information content (AvgIpc) is 2.28. The molecule has 0 radical (unpaired) electrons. The van der Waals surface area contributed by atoms with E-state index in [-0.39, 0.29) is 5.78 Å². The maximum Gasteiger partial charge on any atom is 0.160 e. The molecular weight excluding hydrogens is 202 g/mol. The number of carbonyl (C=O) groups is 1. The van der Waals surface area contributed by atoms with Gasteiger partial charge in [0.15, 0.2) is 5.78 Å². The average molecular weight is 217 g/mol. The first kappa shape index (κ1) is 12.3. The van der Waals surface area contributed by atoms with Gasteiger partial charge in [-0.15, -0.1) is 0 Å². The summed E-state index contributed by atoms with van der Waals surface area (Å²) in [6, 6.07) is 5.51. The first-order valence-corrected chi connectivity index (χ1v) is 5.34. The minimum absolute atomic E-state index is 0.0325. The first-order chi connectivity index (χ1) is 7.63. The molecule has 16 heavy (non-hydrogen) atoms. The van der Waals surface area contributed by atoms with Gasteiger partial charge in [-0.05, 0) is 38.0 Å². The number of rotatable bonds is 4. The smallest absolute Gasteiger partial charge is 0.160 e. The van der Waals surface area contributed by atoms with Crippen molar-refractivity contribution in [1.29, 1.82) is 5.26 Å². The summed E-state index contributed by atoms with van der Waals surface area (Å²) in [5.41, 5.74) is 1.92. The summed E-state index contributed by atoms with van der Waals surface area (Å²) in [5.74, 6) is 0.552. The van der Waals surface area contributed by atoms with Gasteiger partial charge in [0.25, 0.3) is 0 Å². The lowest BCUT2D eigenvalue weighted by Crippen LogP contribution is -2.03. The number of nitrogens with zero attached hydrogens (tertiary/aromatic N) is 1. The highest BCUT2D eigenvalue weighted by atomic mass is 16.5. The lowest BCUT2D eigenvalue weighted by molar-refractivity contribution is 0.101. The Morgan fingerprint density at radius 1 is 1.44 bits per heavy atom. The Morgan fingerprint density at radius 2 is 2.12 bits per heavy atom. The second kappa shape index (κ2) is 5.32. The highest BCUT2D eigenvalue weighted by molar-refractivity contribution is 5.96. The predicted molar refractivity (Wildman–Crippen MR) is 61.7 cm³/mol. The predicted octanol–water partition coefficient (Wildman–Crippen LogP) is 2.72. The number of nitriles is 1. The fraction of sp³-hybridized carbons (Fsp3) is 0.385. The van der Waals surface area contributed by atoms with Gasteiger partial charge in [0.1, 0.15) is 5.75 Å². The summed E-state index contributed by atoms with van der Waals surface area (Å²) in [4.78, 5) is 11.5. The third-order valence-corrected chi connectivity index (χ3v) is 2.39. The monoisotopic (exact) mass is 217 g/mol. The Kier molecular flexibility index (Phi) is 4.07. The van der Waals surface area contributed by atoms with Crippen LogP contribution in [0.4, 0.5) is 0 Å². The van der Waals surface area contributed by atoms with E-state index in [1.54, 1.807) is 12.1 Å². The molecule has 3 heteroatoms. The molecule has 1 aromatic rings. The molecule has 0 heterocycles. The SMILES string of the molecule is CCOc1cc(C#N)c(CC)c(C(C)=O)c1. The van der Waals surface area contributed by atoms with Crippen molar-refractivity contribution < 1.29 is 9.53 Å². The molecule has 0 atom stereocenters. The Morgan fingerprint density at radius 3 is 2.56 bits per heavy atom. The highest BCUT2D eigenvalue weighted by Crippen LogP contribution is 2.23. The van der Waals surface area contributed by atoms with Gasteiger partial charge in [-0.1, -0.05) is 6.92 Å². The van der Waals surface area contributed by atoms with Crippen LogP contribution in [0, 0.1) is 11.3 Å². The molecule has 0 saturated heterocycles. The molecule has 0 aromatic heterocycles. The molecule has 0 unspecified atom stereocenters. The lowest BCUT2D eigenvalue weighted by Gasteiger charge is -2.10. The zero-order valence-corrected chi connectivity index (χ0v) is 9.83. The van der Waals surface area contributed by atoms with Crippen molar-refractivity contribution in [2.24, 2.45) is 0 Å². The molecule has 0 aliphatic heterocycles. The summed E-state index contributed by atoms with van der Waals surface area (Å²) in [6.45, 7) is 5.83. The van der Waals surface area contributed by atoms with E-state index in [1.165, 1.54) is 6.92 Å². The van der Waals surface area contributed by atoms with Crippen molar-refractivity contribution in [2.75, 3.05) is 6.61 Å². The van der Waals surface area contributed by atoms with E-state index in [0.717, 1.165) is 5.56 Å². The van der Waals surface area contributed by atoms with Crippen LogP contribution in [0.2, 0.25) is 0 Å². The van der Waals surface area contributed by atoms with Gasteiger partial charge in [-0.2, -0.15) is 5.26 Å². The van der Waals surface area contributed by atoms with E-state index in [9.17, 15) is 4.79 Å². The van der Waals surface area contributed by atoms with Gasteiger partial charge in [0.05, 0.1) is 18.2 Å². The maximum absolute atomic E-state index is 11.5. The number of hydrogen-bond acceptors (Lipinski definition) is 3. The van der Waals surface area contributed by atoms with Crippen molar-refractivity contribution in [2.45, 2.75) is 27.2 Å². The number of benzene rings is 1. The minimum Gasteiger partial charge on any atom is -0.494 e. The molecular formula is C13H15NO2. The molecule has 0 fully saturated rings. The van der Waals surface area contributed by atoms with E-state index < -0.39 is 0 Å². The summed E-state index contributed by atoms with van der Waals surface area (Å²) < 4.78 is 5.34. The molecule has 0 saturated carbocycles. The molecule has 0 aliphatic rings. The van der Waals surface area contributed by atoms with Gasteiger partial charge < -0.3 is 4.74 Å². The molecule has 3 nitrogen and oxygen atoms in total. The molecule has 1 aromatic carbocycles. The van der Waals surface area contributed by atoms with Crippen molar-refractivity contribution in [3.63, 3.8) is 0 Å². The fourth-order valence-electron chi connectivity index (χ4n) is 1.69. The molecule has 0 N–H and O–H groups in total. The van der Waals surface area contributed by atoms with Crippen LogP contribution in [0.1, 0.15) is 42.3 Å². The van der Waals surface area contributed by atoms with E-state index in [0.29, 0.717) is 29.9 Å². The number of hydrogen-bond donors (Lipinski definition) is 0. The fourth-order valence-corrected chi connectivity index (χ4v) is 1.69. The molecule has 1 rings (SSSR count). The van der Waals surface area contributed by atoms with Crippen LogP contribution < -0.4 is 4.74 Å². The van der Waals surface area contributed by atoms with Gasteiger partial charge in [0, 0.05) is 5.56 Å². The van der Waals surface area contributed by atoms with E-state index in [4.69, 9.17) is 10.00 Å². The van der Waals surface area contributed by atoms with E-state index in [1.807, 2.05) is 13.8 Å². The molecule has 84 valence electrons. The molecule has 0 spiro atoms. The van der Waals surface area contributed by atoms with Gasteiger partial charge >= 0.3 is 0 Å². The lowest BCUT2D eigenvalue weighted by atomic mass is 9.96. The summed E-state index contributed by atoms with van der Waals surface area (Å²) in [7, 11) is 0. The number of ether oxygens (including phenoxy) is 1. The van der Waals surface area contributed by atoms with Gasteiger partial charge in [-0.25, -0.2) is 0 Å². The normalized spacial score (nSPS) is 9.62. The van der Waals surface area contributed by atoms with E-state index >= 15 is 0 Å². The third kappa shape index (κ3) is 2.40. The quantitative estimate of drug-likeness (QED) is 0.728. The number of carbonyl (C=O) groups excluding carboxylic acids is 1. The number of Topliss-reactive ketones (excluding diaryl/α,β-unsaturated/α-hetero) is 1. The second-order valence-corrected chi connectivity index (χ2v) is 3.45. The first-order valence-electron chi connectivity index (χ1n) is 5.34. The molecule has 0 aliphatic carbocycles. The third-order valence-electron chi connectivity index (χ3n) is 2.39. The highest BCUT2D eigenvalue weighted by Gasteiger charge is 2.13. The number of ketones is 1. The summed E-state index contributed by atoms with van der Waals surface area (Å²) in [6.07, 6.45) is 0.671. The van der Waals surface area contributed by atoms with Crippen molar-refractivity contribution >= 4 is 5.78 Å². The molecule has 0 bridgehead atoms. The van der Waals surface area contributed by atoms with Crippen LogP contribution in [0.15, 0.2) is 12.1 Å². The van der Waals surface area contributed by atoms with Crippen LogP contribution in [0.3, 0.4) is 0 Å². The van der Waals surface area contributed by atoms with Gasteiger partial charge in [-0.3, -0.25) is 4.79 Å². The van der Waals surface area contributed by atoms with Crippen molar-refractivity contribution in [3.8, 4) is 11.8 Å². The van der Waals surface area contributed by atoms with Crippen LogP contribution in [-0.4, -0.2) is 12.4 Å². The Labute approximate surface area is 95.7 Å². The van der Waals surface area contributed by atoms with Crippen LogP contribution in [-0.2, 0) is 6.42 Å². The Hall–Kier alpha value is -1.82. The molecule has 0 amide bonds. The Bertz CT molecular complexity index is 444. The summed E-state index contributed by atoms with van der Waals surface area (Å²) in [5, 5.41) is 9.03. The standard InChI is InChI=1S/C13H15NO2/c1-4-12-10(8-14)6-11(16-5-2)7-13(12)9(3)15/h6-7H,4-5H2,1-3H3. The van der Waals surface area contributed by atoms with E-state index in [2.05, 4.69) is 6.07 Å². The van der Waals surface area contributed by atoms with Crippen molar-refractivity contribution in [3.05, 3.63) is 28.8 Å². The van der Waals surface area contributed by atoms with Gasteiger partial charge in [0.2, 0.25) is 0 Å². The zero-order chi connectivity index (χ0) is 12.1. The second-order valence-electron chi connectivity index (χ2n) is 3.45. The summed E-state index contributed by atoms with van der Waals surface area (Å²) >= 11 is 0. The largest absolute Gasteiger partial charge is 0.494 e. The minimum atomic E-state index is -0.0325. The zero-order valence-electron chi connectivity index (χ0n) is 9.83. The van der Waals surface area contributed by atoms with Crippen LogP contribution >= 0.6 is 0 Å². The van der Waals surface area contributed by atoms with Crippen molar-refractivity contribution in [1.82, 2.24) is 0 Å². The topological polar surface area (TPSA) is 50.1 Å². The van der Waals surface area contributed by atoms with Crippen LogP contribution in [0.5, 0.6) is 5.75 Å². The van der Waals surface area contributed by atoms with Crippen LogP contribution in [0.25, 0.3) is 0 Å². The Balaban J connectivity index is 3.39.